The number of aryl methyl sites for hydroxylation is 1. The van der Waals surface area contributed by atoms with Gasteiger partial charge in [0.2, 0.25) is 5.75 Å². The van der Waals surface area contributed by atoms with Gasteiger partial charge in [-0.1, -0.05) is 41.9 Å². The van der Waals surface area contributed by atoms with Gasteiger partial charge in [-0.3, -0.25) is 14.9 Å². The van der Waals surface area contributed by atoms with Crippen LogP contribution in [0.2, 0.25) is 5.02 Å². The number of nitrogens with one attached hydrogen (secondary N) is 1. The zero-order valence-corrected chi connectivity index (χ0v) is 16.1. The Bertz CT molecular complexity index is 1010. The lowest BCUT2D eigenvalue weighted by Gasteiger charge is -2.20. The minimum Gasteiger partial charge on any atom is -0.502 e. The molecule has 1 atom stereocenters. The number of imide groups is 1. The molecular weight excluding hydrogens is 400 g/mol. The lowest BCUT2D eigenvalue weighted by atomic mass is 9.93. The molecule has 0 saturated carbocycles. The predicted octanol–water partition coefficient (Wildman–Crippen LogP) is 3.23. The first kappa shape index (κ1) is 20.3. The summed E-state index contributed by atoms with van der Waals surface area (Å²) in [5.74, 6) is -1.23. The normalized spacial score (nSPS) is 19.0. The Morgan fingerprint density at radius 3 is 2.66 bits per heavy atom. The van der Waals surface area contributed by atoms with Crippen LogP contribution in [0.25, 0.3) is 0 Å². The van der Waals surface area contributed by atoms with Gasteiger partial charge in [0, 0.05) is 16.7 Å². The first-order valence-corrected chi connectivity index (χ1v) is 9.00. The molecule has 2 aromatic carbocycles. The van der Waals surface area contributed by atoms with Crippen LogP contribution >= 0.6 is 11.6 Å². The molecule has 150 valence electrons. The fourth-order valence-electron chi connectivity index (χ4n) is 2.94. The molecule has 1 aliphatic rings. The van der Waals surface area contributed by atoms with Crippen molar-refractivity contribution in [2.24, 2.45) is 5.10 Å². The number of urea groups is 1. The average molecular weight is 417 g/mol. The van der Waals surface area contributed by atoms with Gasteiger partial charge in [0.15, 0.2) is 0 Å². The molecule has 0 unspecified atom stereocenters. The Morgan fingerprint density at radius 2 is 2.00 bits per heavy atom. The van der Waals surface area contributed by atoms with Crippen LogP contribution < -0.4 is 5.32 Å². The number of nitro groups is 1. The van der Waals surface area contributed by atoms with E-state index in [2.05, 4.69) is 10.4 Å². The summed E-state index contributed by atoms with van der Waals surface area (Å²) < 4.78 is 0. The topological polar surface area (TPSA) is 125 Å². The van der Waals surface area contributed by atoms with Crippen LogP contribution in [0.3, 0.4) is 0 Å². The summed E-state index contributed by atoms with van der Waals surface area (Å²) in [6.45, 7) is 1.60. The molecule has 3 amide bonds. The van der Waals surface area contributed by atoms with E-state index < -0.39 is 33.8 Å². The minimum atomic E-state index is -1.15. The van der Waals surface area contributed by atoms with Crippen molar-refractivity contribution in [3.05, 3.63) is 68.7 Å². The first-order valence-electron chi connectivity index (χ1n) is 8.63. The molecule has 0 spiro atoms. The predicted molar refractivity (Wildman–Crippen MR) is 106 cm³/mol. The third-order valence-corrected chi connectivity index (χ3v) is 4.81. The summed E-state index contributed by atoms with van der Waals surface area (Å²) in [7, 11) is 0. The number of halogens is 1. The highest BCUT2D eigenvalue weighted by atomic mass is 35.5. The van der Waals surface area contributed by atoms with Crippen LogP contribution in [0.1, 0.15) is 24.5 Å². The molecule has 0 aromatic heterocycles. The van der Waals surface area contributed by atoms with Crippen molar-refractivity contribution in [3.8, 4) is 5.75 Å². The number of phenolic OH excluding ortho intramolecular Hbond substituents is 1. The van der Waals surface area contributed by atoms with Crippen LogP contribution in [0, 0.1) is 10.1 Å². The van der Waals surface area contributed by atoms with Gasteiger partial charge in [-0.2, -0.15) is 5.10 Å². The molecule has 1 saturated heterocycles. The molecule has 1 fully saturated rings. The molecule has 29 heavy (non-hydrogen) atoms. The smallest absolute Gasteiger partial charge is 0.346 e. The monoisotopic (exact) mass is 416 g/mol. The van der Waals surface area contributed by atoms with Gasteiger partial charge in [0.1, 0.15) is 5.54 Å². The fourth-order valence-corrected chi connectivity index (χ4v) is 3.17. The number of phenols is 1. The van der Waals surface area contributed by atoms with Gasteiger partial charge in [0.25, 0.3) is 5.91 Å². The van der Waals surface area contributed by atoms with E-state index in [1.807, 2.05) is 30.3 Å². The largest absolute Gasteiger partial charge is 0.502 e. The number of carbonyl (C=O) groups is 2. The van der Waals surface area contributed by atoms with E-state index in [4.69, 9.17) is 11.6 Å². The first-order chi connectivity index (χ1) is 13.7. The Balaban J connectivity index is 1.79. The van der Waals surface area contributed by atoms with E-state index in [0.29, 0.717) is 17.9 Å². The second-order valence-electron chi connectivity index (χ2n) is 6.73. The van der Waals surface area contributed by atoms with Crippen molar-refractivity contribution in [2.45, 2.75) is 25.3 Å². The molecule has 0 bridgehead atoms. The van der Waals surface area contributed by atoms with Gasteiger partial charge in [0.05, 0.1) is 11.1 Å². The second kappa shape index (κ2) is 7.88. The molecule has 2 aromatic rings. The Hall–Kier alpha value is -3.46. The second-order valence-corrected chi connectivity index (χ2v) is 7.17. The molecule has 1 heterocycles. The van der Waals surface area contributed by atoms with Crippen molar-refractivity contribution >= 4 is 35.4 Å². The molecule has 2 N–H and O–H groups in total. The van der Waals surface area contributed by atoms with Crippen LogP contribution in [-0.4, -0.2) is 38.7 Å². The quantitative estimate of drug-likeness (QED) is 0.323. The van der Waals surface area contributed by atoms with Crippen LogP contribution in [-0.2, 0) is 11.2 Å². The summed E-state index contributed by atoms with van der Waals surface area (Å²) in [5.41, 5.74) is -0.826. The molecule has 1 aliphatic heterocycles. The highest BCUT2D eigenvalue weighted by Gasteiger charge is 2.47. The number of rotatable bonds is 6. The van der Waals surface area contributed by atoms with E-state index in [1.165, 1.54) is 6.07 Å². The fraction of sp³-hybridized carbons (Fsp3) is 0.211. The zero-order chi connectivity index (χ0) is 21.2. The molecule has 10 heteroatoms. The number of hydrogen-bond acceptors (Lipinski definition) is 6. The van der Waals surface area contributed by atoms with Crippen molar-refractivity contribution in [3.63, 3.8) is 0 Å². The summed E-state index contributed by atoms with van der Waals surface area (Å²) in [4.78, 5) is 35.2. The van der Waals surface area contributed by atoms with Gasteiger partial charge >= 0.3 is 11.7 Å². The minimum absolute atomic E-state index is 0.000787. The molecule has 0 radical (unpaired) electrons. The van der Waals surface area contributed by atoms with Crippen molar-refractivity contribution < 1.29 is 19.6 Å². The average Bonchev–Trinajstić information content (AvgIpc) is 2.90. The van der Waals surface area contributed by atoms with E-state index in [0.717, 1.165) is 17.8 Å². The maximum absolute atomic E-state index is 12.7. The van der Waals surface area contributed by atoms with E-state index in [9.17, 15) is 24.8 Å². The number of nitro benzene ring substituents is 1. The summed E-state index contributed by atoms with van der Waals surface area (Å²) in [5, 5.41) is 28.1. The summed E-state index contributed by atoms with van der Waals surface area (Å²) >= 11 is 5.83. The standard InChI is InChI=1S/C19H17ClN4O5/c1-19(8-7-12-5-3-2-4-6-12)17(26)23(18(27)22-19)21-11-13-9-14(20)10-15(16(13)25)24(28)29/h2-6,9-11,25H,7-8H2,1H3,(H,22,27)/b21-11+/t19-/m0/s1. The summed E-state index contributed by atoms with van der Waals surface area (Å²) in [6.07, 6.45) is 1.91. The Morgan fingerprint density at radius 1 is 1.31 bits per heavy atom. The number of benzene rings is 2. The van der Waals surface area contributed by atoms with Gasteiger partial charge in [-0.25, -0.2) is 4.79 Å². The van der Waals surface area contributed by atoms with Crippen LogP contribution in [0.4, 0.5) is 10.5 Å². The number of hydrogen-bond donors (Lipinski definition) is 2. The Labute approximate surface area is 170 Å². The van der Waals surface area contributed by atoms with Gasteiger partial charge in [-0.15, -0.1) is 5.01 Å². The van der Waals surface area contributed by atoms with Crippen molar-refractivity contribution in [2.75, 3.05) is 0 Å². The van der Waals surface area contributed by atoms with Crippen LogP contribution in [0.5, 0.6) is 5.75 Å². The molecule has 3 rings (SSSR count). The van der Waals surface area contributed by atoms with Crippen molar-refractivity contribution in [1.29, 1.82) is 0 Å². The molecule has 9 nitrogen and oxygen atoms in total. The number of aromatic hydroxyl groups is 1. The van der Waals surface area contributed by atoms with Crippen molar-refractivity contribution in [1.82, 2.24) is 10.3 Å². The third kappa shape index (κ3) is 4.19. The Kier molecular flexibility index (Phi) is 5.51. The highest BCUT2D eigenvalue weighted by Crippen LogP contribution is 2.32. The maximum Gasteiger partial charge on any atom is 0.346 e. The van der Waals surface area contributed by atoms with Gasteiger partial charge in [-0.05, 0) is 31.4 Å². The lowest BCUT2D eigenvalue weighted by molar-refractivity contribution is -0.385. The molecule has 0 aliphatic carbocycles. The third-order valence-electron chi connectivity index (χ3n) is 4.59. The van der Waals surface area contributed by atoms with Crippen LogP contribution in [0.15, 0.2) is 47.6 Å². The number of hydrazone groups is 1. The van der Waals surface area contributed by atoms with Gasteiger partial charge < -0.3 is 10.4 Å². The number of amides is 3. The number of nitrogens with zero attached hydrogens (tertiary/aromatic N) is 3. The number of carbonyl (C=O) groups excluding carboxylic acids is 2. The lowest BCUT2D eigenvalue weighted by Crippen LogP contribution is -2.44. The summed E-state index contributed by atoms with van der Waals surface area (Å²) in [6, 6.07) is 11.0. The zero-order valence-electron chi connectivity index (χ0n) is 15.3. The van der Waals surface area contributed by atoms with E-state index in [1.54, 1.807) is 6.92 Å². The molecular formula is C19H17ClN4O5. The van der Waals surface area contributed by atoms with E-state index >= 15 is 0 Å². The maximum atomic E-state index is 12.7. The SMILES string of the molecule is C[C@@]1(CCc2ccccc2)NC(=O)N(/N=C/c2cc(Cl)cc([N+](=O)[O-])c2O)C1=O. The van der Waals surface area contributed by atoms with E-state index in [-0.39, 0.29) is 10.6 Å². The highest BCUT2D eigenvalue weighted by molar-refractivity contribution is 6.31.